The maximum atomic E-state index is 12.3. The minimum Gasteiger partial charge on any atom is -0.375 e. The monoisotopic (exact) mass is 363 g/mol. The van der Waals surface area contributed by atoms with Gasteiger partial charge in [0.2, 0.25) is 0 Å². The normalized spacial score (nSPS) is 11.6. The number of thiazole rings is 1. The Morgan fingerprint density at radius 1 is 1.35 bits per heavy atom. The van der Waals surface area contributed by atoms with Crippen molar-refractivity contribution in [2.45, 2.75) is 13.5 Å². The number of nitrogens with zero attached hydrogens (tertiary/aromatic N) is 3. The van der Waals surface area contributed by atoms with Crippen LogP contribution in [-0.4, -0.2) is 21.7 Å². The first-order chi connectivity index (χ1) is 12.7. The van der Waals surface area contributed by atoms with E-state index in [0.29, 0.717) is 10.7 Å². The molecule has 7 heteroatoms. The maximum Gasteiger partial charge on any atom is 0.271 e. The molecule has 0 fully saturated rings. The molecule has 4 rings (SSSR count). The van der Waals surface area contributed by atoms with Gasteiger partial charge in [0, 0.05) is 34.8 Å². The summed E-state index contributed by atoms with van der Waals surface area (Å²) in [4.78, 5) is 16.5. The van der Waals surface area contributed by atoms with Crippen LogP contribution in [0.15, 0.2) is 53.8 Å². The SMILES string of the molecule is CCn1cc(/C=N\NC(=O)c2ccc3nc(N)sc3c2)c2ccccc21. The molecule has 2 heterocycles. The van der Waals surface area contributed by atoms with Gasteiger partial charge < -0.3 is 10.3 Å². The molecule has 0 aliphatic carbocycles. The molecule has 4 aromatic rings. The molecule has 0 bridgehead atoms. The largest absolute Gasteiger partial charge is 0.375 e. The molecule has 0 aliphatic rings. The first-order valence-electron chi connectivity index (χ1n) is 8.23. The molecule has 6 nitrogen and oxygen atoms in total. The number of nitrogen functional groups attached to an aromatic ring is 1. The molecule has 2 aromatic carbocycles. The van der Waals surface area contributed by atoms with Crippen LogP contribution >= 0.6 is 11.3 Å². The van der Waals surface area contributed by atoms with Crippen molar-refractivity contribution in [2.75, 3.05) is 5.73 Å². The number of carbonyl (C=O) groups is 1. The number of aromatic nitrogens is 2. The summed E-state index contributed by atoms with van der Waals surface area (Å²) in [6.45, 7) is 2.97. The quantitative estimate of drug-likeness (QED) is 0.429. The average molecular weight is 363 g/mol. The van der Waals surface area contributed by atoms with Crippen molar-refractivity contribution in [1.82, 2.24) is 15.0 Å². The van der Waals surface area contributed by atoms with Gasteiger partial charge in [0.1, 0.15) is 0 Å². The third-order valence-corrected chi connectivity index (χ3v) is 5.04. The zero-order chi connectivity index (χ0) is 18.1. The van der Waals surface area contributed by atoms with Crippen LogP contribution in [-0.2, 0) is 6.54 Å². The second kappa shape index (κ2) is 6.61. The molecule has 0 atom stereocenters. The lowest BCUT2D eigenvalue weighted by Crippen LogP contribution is -2.17. The minimum absolute atomic E-state index is 0.269. The molecule has 26 heavy (non-hydrogen) atoms. The lowest BCUT2D eigenvalue weighted by molar-refractivity contribution is 0.0955. The first kappa shape index (κ1) is 16.3. The highest BCUT2D eigenvalue weighted by atomic mass is 32.1. The second-order valence-corrected chi connectivity index (χ2v) is 6.88. The highest BCUT2D eigenvalue weighted by Crippen LogP contribution is 2.24. The number of hydrogen-bond donors (Lipinski definition) is 2. The van der Waals surface area contributed by atoms with E-state index in [1.165, 1.54) is 11.3 Å². The number of fused-ring (bicyclic) bond motifs is 2. The molecule has 0 radical (unpaired) electrons. The molecular formula is C19H17N5OS. The van der Waals surface area contributed by atoms with Crippen LogP contribution in [0.3, 0.4) is 0 Å². The van der Waals surface area contributed by atoms with Crippen LogP contribution in [0.25, 0.3) is 21.1 Å². The van der Waals surface area contributed by atoms with Crippen LogP contribution in [0.4, 0.5) is 5.13 Å². The number of hydrogen-bond acceptors (Lipinski definition) is 5. The van der Waals surface area contributed by atoms with E-state index in [9.17, 15) is 4.79 Å². The van der Waals surface area contributed by atoms with Gasteiger partial charge in [-0.2, -0.15) is 5.10 Å². The zero-order valence-corrected chi connectivity index (χ0v) is 15.0. The topological polar surface area (TPSA) is 85.3 Å². The molecule has 0 spiro atoms. The zero-order valence-electron chi connectivity index (χ0n) is 14.1. The fourth-order valence-corrected chi connectivity index (χ4v) is 3.72. The number of nitrogens with two attached hydrogens (primary N) is 1. The Bertz CT molecular complexity index is 1140. The van der Waals surface area contributed by atoms with Gasteiger partial charge in [-0.05, 0) is 31.2 Å². The Morgan fingerprint density at radius 2 is 2.19 bits per heavy atom. The summed E-state index contributed by atoms with van der Waals surface area (Å²) in [5.74, 6) is -0.269. The highest BCUT2D eigenvalue weighted by molar-refractivity contribution is 7.22. The lowest BCUT2D eigenvalue weighted by Gasteiger charge is -1.99. The van der Waals surface area contributed by atoms with Crippen molar-refractivity contribution in [3.8, 4) is 0 Å². The van der Waals surface area contributed by atoms with Crippen molar-refractivity contribution in [1.29, 1.82) is 0 Å². The summed E-state index contributed by atoms with van der Waals surface area (Å²) in [5, 5.41) is 5.72. The Kier molecular flexibility index (Phi) is 4.14. The van der Waals surface area contributed by atoms with Gasteiger partial charge in [-0.3, -0.25) is 4.79 Å². The van der Waals surface area contributed by atoms with E-state index in [2.05, 4.69) is 33.1 Å². The van der Waals surface area contributed by atoms with Crippen LogP contribution in [0.1, 0.15) is 22.8 Å². The molecule has 0 aliphatic heterocycles. The van der Waals surface area contributed by atoms with Gasteiger partial charge in [0.15, 0.2) is 5.13 Å². The molecule has 3 N–H and O–H groups in total. The number of aryl methyl sites for hydroxylation is 1. The van der Waals surface area contributed by atoms with Gasteiger partial charge in [-0.15, -0.1) is 0 Å². The third kappa shape index (κ3) is 2.93. The van der Waals surface area contributed by atoms with E-state index in [4.69, 9.17) is 5.73 Å². The summed E-state index contributed by atoms with van der Waals surface area (Å²) >= 11 is 1.36. The van der Waals surface area contributed by atoms with Crippen LogP contribution in [0, 0.1) is 0 Å². The number of benzene rings is 2. The van der Waals surface area contributed by atoms with Gasteiger partial charge in [0.05, 0.1) is 16.4 Å². The summed E-state index contributed by atoms with van der Waals surface area (Å²) < 4.78 is 3.03. The van der Waals surface area contributed by atoms with Crippen molar-refractivity contribution >= 4 is 49.7 Å². The average Bonchev–Trinajstić information content (AvgIpc) is 3.20. The summed E-state index contributed by atoms with van der Waals surface area (Å²) in [6, 6.07) is 13.4. The second-order valence-electron chi connectivity index (χ2n) is 5.82. The molecule has 0 saturated heterocycles. The van der Waals surface area contributed by atoms with E-state index in [0.717, 1.165) is 33.2 Å². The van der Waals surface area contributed by atoms with Crippen molar-refractivity contribution in [2.24, 2.45) is 5.10 Å². The fraction of sp³-hybridized carbons (Fsp3) is 0.105. The maximum absolute atomic E-state index is 12.3. The first-order valence-corrected chi connectivity index (χ1v) is 9.04. The van der Waals surface area contributed by atoms with Crippen molar-refractivity contribution in [3.05, 3.63) is 59.8 Å². The predicted molar refractivity (Wildman–Crippen MR) is 107 cm³/mol. The number of amides is 1. The Morgan fingerprint density at radius 3 is 3.04 bits per heavy atom. The van der Waals surface area contributed by atoms with E-state index < -0.39 is 0 Å². The Balaban J connectivity index is 1.55. The van der Waals surface area contributed by atoms with E-state index in [1.807, 2.05) is 24.4 Å². The molecule has 2 aromatic heterocycles. The van der Waals surface area contributed by atoms with Gasteiger partial charge >= 0.3 is 0 Å². The van der Waals surface area contributed by atoms with Crippen LogP contribution in [0.2, 0.25) is 0 Å². The van der Waals surface area contributed by atoms with E-state index in [1.54, 1.807) is 24.4 Å². The Hall–Kier alpha value is -3.19. The van der Waals surface area contributed by atoms with Crippen LogP contribution in [0.5, 0.6) is 0 Å². The number of nitrogens with one attached hydrogen (secondary N) is 1. The summed E-state index contributed by atoms with van der Waals surface area (Å²) in [5.41, 5.74) is 11.7. The smallest absolute Gasteiger partial charge is 0.271 e. The van der Waals surface area contributed by atoms with Gasteiger partial charge in [0.25, 0.3) is 5.91 Å². The molecule has 0 saturated carbocycles. The lowest BCUT2D eigenvalue weighted by atomic mass is 10.2. The number of rotatable bonds is 4. The molecule has 0 unspecified atom stereocenters. The highest BCUT2D eigenvalue weighted by Gasteiger charge is 2.09. The van der Waals surface area contributed by atoms with E-state index in [-0.39, 0.29) is 5.91 Å². The predicted octanol–water partition coefficient (Wildman–Crippen LogP) is 3.62. The summed E-state index contributed by atoms with van der Waals surface area (Å²) in [6.07, 6.45) is 3.71. The van der Waals surface area contributed by atoms with Crippen molar-refractivity contribution in [3.63, 3.8) is 0 Å². The van der Waals surface area contributed by atoms with Crippen LogP contribution < -0.4 is 11.2 Å². The molecule has 1 amide bonds. The summed E-state index contributed by atoms with van der Waals surface area (Å²) in [7, 11) is 0. The van der Waals surface area contributed by atoms with E-state index >= 15 is 0 Å². The minimum atomic E-state index is -0.269. The molecule has 130 valence electrons. The third-order valence-electron chi connectivity index (χ3n) is 4.20. The number of para-hydroxylation sites is 1. The van der Waals surface area contributed by atoms with Crippen molar-refractivity contribution < 1.29 is 4.79 Å². The fourth-order valence-electron chi connectivity index (χ4n) is 2.95. The van der Waals surface area contributed by atoms with Gasteiger partial charge in [-0.25, -0.2) is 10.4 Å². The Labute approximate surface area is 154 Å². The number of anilines is 1. The number of hydrazone groups is 1. The van der Waals surface area contributed by atoms with Gasteiger partial charge in [-0.1, -0.05) is 29.5 Å². The number of carbonyl (C=O) groups excluding carboxylic acids is 1. The standard InChI is InChI=1S/C19H17N5OS/c1-2-24-11-13(14-5-3-4-6-16(14)24)10-21-23-18(25)12-7-8-15-17(9-12)26-19(20)22-15/h3-11H,2H2,1H3,(H2,20,22)(H,23,25)/b21-10-. The molecular weight excluding hydrogens is 346 g/mol.